The molecule has 1 heterocycles. The molecule has 3 N–H and O–H groups in total. The first-order chi connectivity index (χ1) is 9.26. The van der Waals surface area contributed by atoms with Crippen LogP contribution in [0.5, 0.6) is 0 Å². The highest BCUT2D eigenvalue weighted by atomic mass is 16.1. The second-order valence-electron chi connectivity index (χ2n) is 4.78. The highest BCUT2D eigenvalue weighted by Crippen LogP contribution is 2.26. The molecule has 1 aliphatic carbocycles. The third kappa shape index (κ3) is 3.20. The minimum atomic E-state index is -0.217. The first-order valence-corrected chi connectivity index (χ1v) is 6.78. The molecule has 1 aliphatic rings. The van der Waals surface area contributed by atoms with Crippen molar-refractivity contribution in [1.82, 2.24) is 15.5 Å². The van der Waals surface area contributed by atoms with Crippen molar-refractivity contribution in [3.63, 3.8) is 0 Å². The average Bonchev–Trinajstić information content (AvgIpc) is 2.98. The van der Waals surface area contributed by atoms with E-state index in [9.17, 15) is 4.79 Å². The van der Waals surface area contributed by atoms with E-state index in [1.165, 1.54) is 25.7 Å². The summed E-state index contributed by atoms with van der Waals surface area (Å²) < 4.78 is 0. The van der Waals surface area contributed by atoms with Crippen molar-refractivity contribution in [2.75, 3.05) is 25.0 Å². The van der Waals surface area contributed by atoms with E-state index in [0.717, 1.165) is 12.4 Å². The fourth-order valence-corrected chi connectivity index (χ4v) is 2.57. The van der Waals surface area contributed by atoms with Crippen molar-refractivity contribution in [2.24, 2.45) is 5.73 Å². The Bertz CT molecular complexity index is 414. The smallest absolute Gasteiger partial charge is 0.271 e. The summed E-state index contributed by atoms with van der Waals surface area (Å²) in [4.78, 5) is 13.6. The van der Waals surface area contributed by atoms with Gasteiger partial charge in [0.1, 0.15) is 0 Å². The lowest BCUT2D eigenvalue weighted by Gasteiger charge is -2.29. The van der Waals surface area contributed by atoms with Gasteiger partial charge in [-0.2, -0.15) is 0 Å². The van der Waals surface area contributed by atoms with Gasteiger partial charge in [-0.1, -0.05) is 12.8 Å². The van der Waals surface area contributed by atoms with Gasteiger partial charge in [0, 0.05) is 26.2 Å². The van der Waals surface area contributed by atoms with Crippen molar-refractivity contribution < 1.29 is 4.79 Å². The topological polar surface area (TPSA) is 84.1 Å². The molecular formula is C13H21N5O. The Hall–Kier alpha value is -1.69. The SMILES string of the molecule is CNC(=O)c1ccc(N(CCN)C2CCCC2)nn1. The Balaban J connectivity index is 2.14. The first kappa shape index (κ1) is 13.7. The van der Waals surface area contributed by atoms with E-state index in [2.05, 4.69) is 20.4 Å². The number of nitrogens with zero attached hydrogens (tertiary/aromatic N) is 3. The number of anilines is 1. The summed E-state index contributed by atoms with van der Waals surface area (Å²) in [5.41, 5.74) is 6.02. The Morgan fingerprint density at radius 2 is 2.16 bits per heavy atom. The average molecular weight is 263 g/mol. The summed E-state index contributed by atoms with van der Waals surface area (Å²) in [6.07, 6.45) is 4.88. The Morgan fingerprint density at radius 3 is 2.68 bits per heavy atom. The van der Waals surface area contributed by atoms with E-state index in [0.29, 0.717) is 18.3 Å². The van der Waals surface area contributed by atoms with Crippen molar-refractivity contribution in [3.8, 4) is 0 Å². The van der Waals surface area contributed by atoms with E-state index in [1.807, 2.05) is 6.07 Å². The second kappa shape index (κ2) is 6.47. The number of nitrogens with one attached hydrogen (secondary N) is 1. The standard InChI is InChI=1S/C13H21N5O/c1-15-13(19)11-6-7-12(17-16-11)18(9-8-14)10-4-2-3-5-10/h6-7,10H,2-5,8-9,14H2,1H3,(H,15,19). The molecule has 0 unspecified atom stereocenters. The minimum absolute atomic E-state index is 0.217. The number of carbonyl (C=O) groups excluding carboxylic acids is 1. The molecule has 6 heteroatoms. The molecule has 0 aromatic carbocycles. The third-order valence-electron chi connectivity index (χ3n) is 3.54. The summed E-state index contributed by atoms with van der Waals surface area (Å²) in [6, 6.07) is 4.06. The summed E-state index contributed by atoms with van der Waals surface area (Å²) in [7, 11) is 1.58. The Morgan fingerprint density at radius 1 is 1.42 bits per heavy atom. The van der Waals surface area contributed by atoms with Gasteiger partial charge in [-0.3, -0.25) is 4.79 Å². The van der Waals surface area contributed by atoms with E-state index in [1.54, 1.807) is 13.1 Å². The van der Waals surface area contributed by atoms with Crippen molar-refractivity contribution in [2.45, 2.75) is 31.7 Å². The number of nitrogens with two attached hydrogens (primary N) is 1. The zero-order valence-electron chi connectivity index (χ0n) is 11.3. The van der Waals surface area contributed by atoms with Crippen LogP contribution in [0.15, 0.2) is 12.1 Å². The van der Waals surface area contributed by atoms with Gasteiger partial charge in [-0.05, 0) is 25.0 Å². The lowest BCUT2D eigenvalue weighted by molar-refractivity contribution is 0.0957. The highest BCUT2D eigenvalue weighted by Gasteiger charge is 2.23. The number of carbonyl (C=O) groups is 1. The number of hydrogen-bond acceptors (Lipinski definition) is 5. The third-order valence-corrected chi connectivity index (χ3v) is 3.54. The van der Waals surface area contributed by atoms with Gasteiger partial charge in [0.15, 0.2) is 11.5 Å². The van der Waals surface area contributed by atoms with Gasteiger partial charge in [-0.25, -0.2) is 0 Å². The van der Waals surface area contributed by atoms with Crippen LogP contribution in [0, 0.1) is 0 Å². The summed E-state index contributed by atoms with van der Waals surface area (Å²) in [5.74, 6) is 0.593. The van der Waals surface area contributed by atoms with E-state index >= 15 is 0 Å². The number of aromatic nitrogens is 2. The lowest BCUT2D eigenvalue weighted by Crippen LogP contribution is -2.38. The molecule has 2 rings (SSSR count). The molecule has 1 aromatic rings. The molecule has 19 heavy (non-hydrogen) atoms. The monoisotopic (exact) mass is 263 g/mol. The quantitative estimate of drug-likeness (QED) is 0.810. The maximum absolute atomic E-state index is 11.4. The van der Waals surface area contributed by atoms with Crippen LogP contribution >= 0.6 is 0 Å². The Labute approximate surface area is 113 Å². The summed E-state index contributed by atoms with van der Waals surface area (Å²) >= 11 is 0. The maximum Gasteiger partial charge on any atom is 0.271 e. The predicted octanol–water partition coefficient (Wildman–Crippen LogP) is 0.544. The minimum Gasteiger partial charge on any atom is -0.354 e. The first-order valence-electron chi connectivity index (χ1n) is 6.78. The molecule has 0 radical (unpaired) electrons. The van der Waals surface area contributed by atoms with Crippen molar-refractivity contribution in [1.29, 1.82) is 0 Å². The van der Waals surface area contributed by atoms with Crippen LogP contribution in [0.1, 0.15) is 36.2 Å². The largest absolute Gasteiger partial charge is 0.354 e. The molecule has 1 amide bonds. The van der Waals surface area contributed by atoms with E-state index in [-0.39, 0.29) is 5.91 Å². The molecule has 0 saturated heterocycles. The van der Waals surface area contributed by atoms with Gasteiger partial charge in [-0.15, -0.1) is 10.2 Å². The van der Waals surface area contributed by atoms with Crippen LogP contribution in [0.25, 0.3) is 0 Å². The van der Waals surface area contributed by atoms with Gasteiger partial charge < -0.3 is 16.0 Å². The highest BCUT2D eigenvalue weighted by molar-refractivity contribution is 5.91. The van der Waals surface area contributed by atoms with Crippen molar-refractivity contribution in [3.05, 3.63) is 17.8 Å². The number of hydrogen-bond donors (Lipinski definition) is 2. The summed E-state index contributed by atoms with van der Waals surface area (Å²) in [6.45, 7) is 1.37. The predicted molar refractivity (Wildman–Crippen MR) is 74.1 cm³/mol. The van der Waals surface area contributed by atoms with Crippen molar-refractivity contribution >= 4 is 11.7 Å². The molecule has 0 aliphatic heterocycles. The van der Waals surface area contributed by atoms with Crippen LogP contribution in [0.3, 0.4) is 0 Å². The zero-order chi connectivity index (χ0) is 13.7. The molecule has 6 nitrogen and oxygen atoms in total. The van der Waals surface area contributed by atoms with E-state index in [4.69, 9.17) is 5.73 Å². The fraction of sp³-hybridized carbons (Fsp3) is 0.615. The fourth-order valence-electron chi connectivity index (χ4n) is 2.57. The molecule has 104 valence electrons. The lowest BCUT2D eigenvalue weighted by atomic mass is 10.2. The number of amides is 1. The van der Waals surface area contributed by atoms with E-state index < -0.39 is 0 Å². The second-order valence-corrected chi connectivity index (χ2v) is 4.78. The molecule has 0 atom stereocenters. The zero-order valence-corrected chi connectivity index (χ0v) is 11.3. The van der Waals surface area contributed by atoms with Crippen LogP contribution in [0.4, 0.5) is 5.82 Å². The van der Waals surface area contributed by atoms with Gasteiger partial charge in [0.2, 0.25) is 0 Å². The van der Waals surface area contributed by atoms with Gasteiger partial charge >= 0.3 is 0 Å². The molecule has 1 aromatic heterocycles. The molecule has 0 bridgehead atoms. The molecule has 0 spiro atoms. The van der Waals surface area contributed by atoms with Crippen LogP contribution < -0.4 is 16.0 Å². The molecule has 1 fully saturated rings. The van der Waals surface area contributed by atoms with Crippen LogP contribution in [0.2, 0.25) is 0 Å². The maximum atomic E-state index is 11.4. The van der Waals surface area contributed by atoms with Crippen LogP contribution in [-0.4, -0.2) is 42.3 Å². The summed E-state index contributed by atoms with van der Waals surface area (Å²) in [5, 5.41) is 10.7. The molecule has 1 saturated carbocycles. The van der Waals surface area contributed by atoms with Crippen LogP contribution in [-0.2, 0) is 0 Å². The normalized spacial score (nSPS) is 15.5. The van der Waals surface area contributed by atoms with Gasteiger partial charge in [0.25, 0.3) is 5.91 Å². The Kier molecular flexibility index (Phi) is 4.68. The van der Waals surface area contributed by atoms with Gasteiger partial charge in [0.05, 0.1) is 0 Å². The molecular weight excluding hydrogens is 242 g/mol. The number of rotatable bonds is 5.